The monoisotopic (exact) mass is 190 g/mol. The fourth-order valence-electron chi connectivity index (χ4n) is 1.24. The van der Waals surface area contributed by atoms with Crippen LogP contribution in [-0.2, 0) is 4.79 Å². The second-order valence-corrected chi connectivity index (χ2v) is 3.14. The first-order chi connectivity index (χ1) is 6.68. The Kier molecular flexibility index (Phi) is 2.01. The van der Waals surface area contributed by atoms with Gasteiger partial charge < -0.3 is 5.73 Å². The summed E-state index contributed by atoms with van der Waals surface area (Å²) in [6.45, 7) is 1.89. The Morgan fingerprint density at radius 1 is 1.50 bits per heavy atom. The normalized spacial score (nSPS) is 20.6. The third kappa shape index (κ3) is 1.38. The lowest BCUT2D eigenvalue weighted by Gasteiger charge is -2.03. The molecule has 0 saturated heterocycles. The molecule has 0 aromatic carbocycles. The number of hydrazone groups is 1. The Morgan fingerprint density at radius 2 is 2.29 bits per heavy atom. The van der Waals surface area contributed by atoms with Crippen LogP contribution < -0.4 is 11.2 Å². The van der Waals surface area contributed by atoms with Crippen molar-refractivity contribution in [1.29, 1.82) is 0 Å². The molecule has 0 aliphatic carbocycles. The topological polar surface area (TPSA) is 80.4 Å². The van der Waals surface area contributed by atoms with E-state index in [1.54, 1.807) is 6.20 Å². The van der Waals surface area contributed by atoms with Crippen molar-refractivity contribution in [2.24, 2.45) is 10.8 Å². The van der Waals surface area contributed by atoms with E-state index >= 15 is 0 Å². The molecule has 0 saturated carbocycles. The number of hydrogen-bond donors (Lipinski definition) is 2. The highest BCUT2D eigenvalue weighted by Crippen LogP contribution is 2.07. The van der Waals surface area contributed by atoms with E-state index in [2.05, 4.69) is 15.5 Å². The zero-order valence-corrected chi connectivity index (χ0v) is 7.69. The van der Waals surface area contributed by atoms with Crippen LogP contribution in [0.1, 0.15) is 11.3 Å². The summed E-state index contributed by atoms with van der Waals surface area (Å²) in [5, 5.41) is 3.85. The third-order valence-corrected chi connectivity index (χ3v) is 2.07. The fourth-order valence-corrected chi connectivity index (χ4v) is 1.24. The number of carbonyl (C=O) groups excluding carboxylic acids is 1. The molecule has 2 rings (SSSR count). The molecule has 14 heavy (non-hydrogen) atoms. The van der Waals surface area contributed by atoms with Crippen LogP contribution in [0.4, 0.5) is 0 Å². The van der Waals surface area contributed by atoms with Gasteiger partial charge >= 0.3 is 0 Å². The van der Waals surface area contributed by atoms with Gasteiger partial charge in [0.05, 0.1) is 5.71 Å². The van der Waals surface area contributed by atoms with Gasteiger partial charge in [-0.05, 0) is 19.1 Å². The van der Waals surface area contributed by atoms with Crippen molar-refractivity contribution in [1.82, 2.24) is 10.4 Å². The molecule has 0 radical (unpaired) electrons. The summed E-state index contributed by atoms with van der Waals surface area (Å²) >= 11 is 0. The number of nitrogens with zero attached hydrogens (tertiary/aromatic N) is 2. The number of nitrogens with two attached hydrogens (primary N) is 1. The highest BCUT2D eigenvalue weighted by molar-refractivity contribution is 6.19. The minimum atomic E-state index is -0.681. The number of aromatic nitrogens is 1. The average molecular weight is 190 g/mol. The number of aryl methyl sites for hydroxylation is 1. The Labute approximate surface area is 81.0 Å². The summed E-state index contributed by atoms with van der Waals surface area (Å²) in [4.78, 5) is 15.2. The molecular formula is C9H10N4O. The molecule has 0 bridgehead atoms. The van der Waals surface area contributed by atoms with Crippen LogP contribution in [0.5, 0.6) is 0 Å². The Morgan fingerprint density at radius 3 is 2.79 bits per heavy atom. The number of amides is 1. The lowest BCUT2D eigenvalue weighted by Crippen LogP contribution is -2.37. The van der Waals surface area contributed by atoms with Gasteiger partial charge in [-0.2, -0.15) is 5.10 Å². The van der Waals surface area contributed by atoms with E-state index in [0.717, 1.165) is 11.3 Å². The zero-order valence-electron chi connectivity index (χ0n) is 7.69. The fraction of sp³-hybridized carbons (Fsp3) is 0.222. The first-order valence-electron chi connectivity index (χ1n) is 4.24. The Balaban J connectivity index is 2.33. The van der Waals surface area contributed by atoms with E-state index in [9.17, 15) is 4.79 Å². The van der Waals surface area contributed by atoms with E-state index in [-0.39, 0.29) is 5.91 Å². The minimum Gasteiger partial charge on any atom is -0.315 e. The van der Waals surface area contributed by atoms with Gasteiger partial charge in [-0.3, -0.25) is 9.78 Å². The van der Waals surface area contributed by atoms with Crippen molar-refractivity contribution in [3.8, 4) is 0 Å². The van der Waals surface area contributed by atoms with E-state index in [1.165, 1.54) is 0 Å². The molecular weight excluding hydrogens is 180 g/mol. The van der Waals surface area contributed by atoms with Crippen molar-refractivity contribution in [3.05, 3.63) is 29.6 Å². The molecule has 5 nitrogen and oxygen atoms in total. The average Bonchev–Trinajstić information content (AvgIpc) is 2.50. The lowest BCUT2D eigenvalue weighted by molar-refractivity contribution is -0.120. The van der Waals surface area contributed by atoms with Crippen molar-refractivity contribution < 1.29 is 4.79 Å². The van der Waals surface area contributed by atoms with Crippen molar-refractivity contribution in [2.75, 3.05) is 0 Å². The van der Waals surface area contributed by atoms with Crippen LogP contribution in [0.3, 0.4) is 0 Å². The van der Waals surface area contributed by atoms with Gasteiger partial charge in [-0.1, -0.05) is 0 Å². The molecule has 0 fully saturated rings. The maximum Gasteiger partial charge on any atom is 0.263 e. The van der Waals surface area contributed by atoms with Gasteiger partial charge in [0.2, 0.25) is 0 Å². The van der Waals surface area contributed by atoms with E-state index in [0.29, 0.717) is 5.71 Å². The SMILES string of the molecule is Cc1ccc(C2=NNC(=O)C2N)cn1. The zero-order chi connectivity index (χ0) is 10.1. The second kappa shape index (κ2) is 3.19. The van der Waals surface area contributed by atoms with Crippen LogP contribution in [-0.4, -0.2) is 22.6 Å². The molecule has 3 N–H and O–H groups in total. The maximum absolute atomic E-state index is 11.1. The molecule has 2 heterocycles. The summed E-state index contributed by atoms with van der Waals surface area (Å²) in [6.07, 6.45) is 1.66. The first kappa shape index (κ1) is 8.83. The molecule has 1 aliphatic heterocycles. The molecule has 1 amide bonds. The second-order valence-electron chi connectivity index (χ2n) is 3.14. The number of pyridine rings is 1. The van der Waals surface area contributed by atoms with Crippen LogP contribution in [0.25, 0.3) is 0 Å². The highest BCUT2D eigenvalue weighted by Gasteiger charge is 2.26. The van der Waals surface area contributed by atoms with Crippen molar-refractivity contribution in [3.63, 3.8) is 0 Å². The van der Waals surface area contributed by atoms with E-state index in [1.807, 2.05) is 19.1 Å². The van der Waals surface area contributed by atoms with Gasteiger partial charge in [0.25, 0.3) is 5.91 Å². The number of rotatable bonds is 1. The molecule has 1 unspecified atom stereocenters. The Hall–Kier alpha value is -1.75. The van der Waals surface area contributed by atoms with Gasteiger partial charge in [-0.15, -0.1) is 0 Å². The molecule has 1 atom stereocenters. The van der Waals surface area contributed by atoms with Gasteiger partial charge in [-0.25, -0.2) is 5.43 Å². The summed E-state index contributed by atoms with van der Waals surface area (Å²) in [7, 11) is 0. The molecule has 1 aromatic rings. The van der Waals surface area contributed by atoms with Gasteiger partial charge in [0.1, 0.15) is 6.04 Å². The summed E-state index contributed by atoms with van der Waals surface area (Å²) in [5.41, 5.74) is 10.2. The number of hydrogen-bond acceptors (Lipinski definition) is 4. The number of carbonyl (C=O) groups is 1. The third-order valence-electron chi connectivity index (χ3n) is 2.07. The van der Waals surface area contributed by atoms with Gasteiger partial charge in [0.15, 0.2) is 0 Å². The van der Waals surface area contributed by atoms with E-state index < -0.39 is 6.04 Å². The highest BCUT2D eigenvalue weighted by atomic mass is 16.2. The molecule has 5 heteroatoms. The predicted molar refractivity (Wildman–Crippen MR) is 51.6 cm³/mol. The van der Waals surface area contributed by atoms with Crippen molar-refractivity contribution in [2.45, 2.75) is 13.0 Å². The van der Waals surface area contributed by atoms with Crippen molar-refractivity contribution >= 4 is 11.6 Å². The number of nitrogens with one attached hydrogen (secondary N) is 1. The maximum atomic E-state index is 11.1. The molecule has 1 aliphatic rings. The van der Waals surface area contributed by atoms with Crippen LogP contribution in [0.15, 0.2) is 23.4 Å². The predicted octanol–water partition coefficient (Wildman–Crippen LogP) is -0.449. The lowest BCUT2D eigenvalue weighted by atomic mass is 10.1. The minimum absolute atomic E-state index is 0.277. The smallest absolute Gasteiger partial charge is 0.263 e. The first-order valence-corrected chi connectivity index (χ1v) is 4.24. The standard InChI is InChI=1S/C9H10N4O/c1-5-2-3-6(4-11-5)8-7(10)9(14)13-12-8/h2-4,7H,10H2,1H3,(H,13,14). The van der Waals surface area contributed by atoms with Gasteiger partial charge in [0, 0.05) is 17.5 Å². The molecule has 1 aromatic heterocycles. The molecule has 0 spiro atoms. The van der Waals surface area contributed by atoms with Crippen LogP contribution in [0, 0.1) is 6.92 Å². The Bertz CT molecular complexity index is 396. The van der Waals surface area contributed by atoms with Crippen LogP contribution in [0.2, 0.25) is 0 Å². The van der Waals surface area contributed by atoms with Crippen LogP contribution >= 0.6 is 0 Å². The largest absolute Gasteiger partial charge is 0.315 e. The summed E-state index contributed by atoms with van der Waals surface area (Å²) < 4.78 is 0. The summed E-state index contributed by atoms with van der Waals surface area (Å²) in [5.74, 6) is -0.277. The quantitative estimate of drug-likeness (QED) is 0.629. The molecule has 72 valence electrons. The summed E-state index contributed by atoms with van der Waals surface area (Å²) in [6, 6.07) is 3.02. The van der Waals surface area contributed by atoms with E-state index in [4.69, 9.17) is 5.73 Å².